The molecule has 0 aliphatic heterocycles. The summed E-state index contributed by atoms with van der Waals surface area (Å²) in [4.78, 5) is 29.0. The highest BCUT2D eigenvalue weighted by Gasteiger charge is 2.33. The number of anilines is 1. The van der Waals surface area contributed by atoms with E-state index in [1.165, 1.54) is 4.90 Å². The maximum Gasteiger partial charge on any atom is 0.244 e. The van der Waals surface area contributed by atoms with Gasteiger partial charge in [0.1, 0.15) is 12.6 Å². The van der Waals surface area contributed by atoms with Crippen molar-refractivity contribution in [1.29, 1.82) is 0 Å². The lowest BCUT2D eigenvalue weighted by Gasteiger charge is -2.33. The summed E-state index contributed by atoms with van der Waals surface area (Å²) in [6.45, 7) is 5.95. The second-order valence-corrected chi connectivity index (χ2v) is 11.5. The van der Waals surface area contributed by atoms with Crippen LogP contribution in [0, 0.1) is 13.8 Å². The van der Waals surface area contributed by atoms with E-state index in [9.17, 15) is 18.0 Å². The van der Waals surface area contributed by atoms with Gasteiger partial charge in [-0.1, -0.05) is 85.3 Å². The number of benzene rings is 3. The highest BCUT2D eigenvalue weighted by atomic mass is 32.2. The van der Waals surface area contributed by atoms with E-state index in [2.05, 4.69) is 5.32 Å². The molecule has 0 aliphatic carbocycles. The van der Waals surface area contributed by atoms with Gasteiger partial charge >= 0.3 is 0 Å². The zero-order valence-electron chi connectivity index (χ0n) is 22.6. The van der Waals surface area contributed by atoms with Gasteiger partial charge in [0, 0.05) is 19.5 Å². The van der Waals surface area contributed by atoms with Crippen LogP contribution in [0.25, 0.3) is 0 Å². The molecule has 8 heteroatoms. The van der Waals surface area contributed by atoms with Crippen LogP contribution in [-0.2, 0) is 32.6 Å². The van der Waals surface area contributed by atoms with Gasteiger partial charge in [0.15, 0.2) is 0 Å². The Morgan fingerprint density at radius 2 is 1.50 bits per heavy atom. The molecule has 0 radical (unpaired) electrons. The molecule has 0 saturated carbocycles. The smallest absolute Gasteiger partial charge is 0.244 e. The van der Waals surface area contributed by atoms with Crippen LogP contribution in [0.15, 0.2) is 78.9 Å². The van der Waals surface area contributed by atoms with E-state index in [0.717, 1.165) is 39.2 Å². The molecule has 0 bridgehead atoms. The average Bonchev–Trinajstić information content (AvgIpc) is 2.88. The van der Waals surface area contributed by atoms with Gasteiger partial charge in [0.05, 0.1) is 11.9 Å². The third-order valence-electron chi connectivity index (χ3n) is 6.32. The summed E-state index contributed by atoms with van der Waals surface area (Å²) in [5.74, 6) is -0.718. The third-order valence-corrected chi connectivity index (χ3v) is 7.44. The molecule has 0 fully saturated rings. The van der Waals surface area contributed by atoms with Crippen molar-refractivity contribution in [2.24, 2.45) is 0 Å². The van der Waals surface area contributed by atoms with Crippen LogP contribution < -0.4 is 9.62 Å². The van der Waals surface area contributed by atoms with Crippen LogP contribution in [0.2, 0.25) is 0 Å². The topological polar surface area (TPSA) is 86.8 Å². The number of rotatable bonds is 12. The van der Waals surface area contributed by atoms with Gasteiger partial charge in [-0.3, -0.25) is 13.9 Å². The van der Waals surface area contributed by atoms with Crippen molar-refractivity contribution in [3.05, 3.63) is 101 Å². The summed E-state index contributed by atoms with van der Waals surface area (Å²) < 4.78 is 26.9. The lowest BCUT2D eigenvalue weighted by molar-refractivity contribution is -0.140. The molecule has 1 unspecified atom stereocenters. The summed E-state index contributed by atoms with van der Waals surface area (Å²) in [7, 11) is -3.79. The Hall–Kier alpha value is -3.65. The first-order valence-corrected chi connectivity index (χ1v) is 14.6. The lowest BCUT2D eigenvalue weighted by Crippen LogP contribution is -2.53. The molecule has 1 atom stereocenters. The second kappa shape index (κ2) is 13.2. The summed E-state index contributed by atoms with van der Waals surface area (Å²) in [5, 5.41) is 2.94. The minimum Gasteiger partial charge on any atom is -0.354 e. The zero-order chi connectivity index (χ0) is 27.7. The van der Waals surface area contributed by atoms with Crippen molar-refractivity contribution in [1.82, 2.24) is 10.2 Å². The molecule has 3 aromatic carbocycles. The first-order valence-electron chi connectivity index (χ1n) is 12.8. The molecule has 7 nitrogen and oxygen atoms in total. The van der Waals surface area contributed by atoms with E-state index in [4.69, 9.17) is 0 Å². The highest BCUT2D eigenvalue weighted by molar-refractivity contribution is 7.92. The zero-order valence-corrected chi connectivity index (χ0v) is 23.4. The quantitative estimate of drug-likeness (QED) is 0.376. The molecule has 3 rings (SSSR count). The van der Waals surface area contributed by atoms with Gasteiger partial charge in [0.25, 0.3) is 0 Å². The van der Waals surface area contributed by atoms with E-state index in [0.29, 0.717) is 18.7 Å². The van der Waals surface area contributed by atoms with Crippen molar-refractivity contribution in [2.45, 2.75) is 46.2 Å². The van der Waals surface area contributed by atoms with Crippen molar-refractivity contribution < 1.29 is 18.0 Å². The lowest BCUT2D eigenvalue weighted by atomic mass is 10.0. The van der Waals surface area contributed by atoms with Crippen LogP contribution in [0.4, 0.5) is 5.69 Å². The number of amides is 2. The molecule has 2 amide bonds. The van der Waals surface area contributed by atoms with E-state index in [-0.39, 0.29) is 12.5 Å². The molecule has 0 heterocycles. The van der Waals surface area contributed by atoms with Crippen LogP contribution in [0.5, 0.6) is 0 Å². The molecule has 1 N–H and O–H groups in total. The number of hydrogen-bond acceptors (Lipinski definition) is 4. The van der Waals surface area contributed by atoms with E-state index in [1.807, 2.05) is 93.6 Å². The predicted octanol–water partition coefficient (Wildman–Crippen LogP) is 4.24. The summed E-state index contributed by atoms with van der Waals surface area (Å²) in [5.41, 5.74) is 3.94. The largest absolute Gasteiger partial charge is 0.354 e. The number of carbonyl (C=O) groups excluding carboxylic acids is 2. The fourth-order valence-electron chi connectivity index (χ4n) is 4.38. The normalized spacial score (nSPS) is 12.0. The van der Waals surface area contributed by atoms with Crippen LogP contribution >= 0.6 is 0 Å². The van der Waals surface area contributed by atoms with Crippen molar-refractivity contribution in [2.75, 3.05) is 23.7 Å². The molecule has 0 saturated heterocycles. The number of nitrogens with one attached hydrogen (secondary N) is 1. The third kappa shape index (κ3) is 7.92. The first kappa shape index (κ1) is 28.9. The van der Waals surface area contributed by atoms with E-state index < -0.39 is 28.5 Å². The molecular weight excluding hydrogens is 498 g/mol. The van der Waals surface area contributed by atoms with Gasteiger partial charge in [-0.25, -0.2) is 8.42 Å². The second-order valence-electron chi connectivity index (χ2n) is 9.56. The van der Waals surface area contributed by atoms with Crippen LogP contribution in [-0.4, -0.2) is 50.5 Å². The number of hydrogen-bond donors (Lipinski definition) is 1. The Labute approximate surface area is 226 Å². The van der Waals surface area contributed by atoms with Crippen LogP contribution in [0.3, 0.4) is 0 Å². The van der Waals surface area contributed by atoms with E-state index >= 15 is 0 Å². The highest BCUT2D eigenvalue weighted by Crippen LogP contribution is 2.24. The van der Waals surface area contributed by atoms with Gasteiger partial charge in [-0.2, -0.15) is 0 Å². The average molecular weight is 536 g/mol. The van der Waals surface area contributed by atoms with Crippen molar-refractivity contribution >= 4 is 27.5 Å². The number of sulfonamides is 1. The summed E-state index contributed by atoms with van der Waals surface area (Å²) in [6, 6.07) is 23.5. The number of aryl methyl sites for hydroxylation is 2. The first-order chi connectivity index (χ1) is 18.1. The molecular formula is C30H37N3O4S. The monoisotopic (exact) mass is 535 g/mol. The van der Waals surface area contributed by atoms with Gasteiger partial charge in [-0.05, 0) is 43.0 Å². The maximum absolute atomic E-state index is 14.0. The Bertz CT molecular complexity index is 1330. The Morgan fingerprint density at radius 3 is 2.05 bits per heavy atom. The fourth-order valence-corrected chi connectivity index (χ4v) is 5.29. The Morgan fingerprint density at radius 1 is 0.895 bits per heavy atom. The maximum atomic E-state index is 14.0. The van der Waals surface area contributed by atoms with Crippen molar-refractivity contribution in [3.8, 4) is 0 Å². The minimum atomic E-state index is -3.79. The van der Waals surface area contributed by atoms with Crippen molar-refractivity contribution in [3.63, 3.8) is 0 Å². The Balaban J connectivity index is 2.04. The van der Waals surface area contributed by atoms with Gasteiger partial charge < -0.3 is 10.2 Å². The molecule has 0 aliphatic rings. The van der Waals surface area contributed by atoms with Gasteiger partial charge in [-0.15, -0.1) is 0 Å². The number of carbonyl (C=O) groups is 2. The summed E-state index contributed by atoms with van der Waals surface area (Å²) >= 11 is 0. The fraction of sp³-hybridized carbons (Fsp3) is 0.333. The predicted molar refractivity (Wildman–Crippen MR) is 152 cm³/mol. The SMILES string of the molecule is CCCNC(=O)C(Cc1ccccc1)N(Cc1ccccc1)C(=O)CN(c1ccc(C)cc1C)S(C)(=O)=O. The summed E-state index contributed by atoms with van der Waals surface area (Å²) in [6.07, 6.45) is 2.15. The molecule has 0 spiro atoms. The van der Waals surface area contributed by atoms with E-state index in [1.54, 1.807) is 6.07 Å². The molecule has 202 valence electrons. The Kier molecular flexibility index (Phi) is 10.1. The molecule has 0 aromatic heterocycles. The number of nitrogens with zero attached hydrogens (tertiary/aromatic N) is 2. The molecule has 3 aromatic rings. The molecule has 38 heavy (non-hydrogen) atoms. The van der Waals surface area contributed by atoms with Gasteiger partial charge in [0.2, 0.25) is 21.8 Å². The minimum absolute atomic E-state index is 0.168. The van der Waals surface area contributed by atoms with Crippen LogP contribution in [0.1, 0.15) is 35.6 Å². The standard InChI is InChI=1S/C30H37N3O4S/c1-5-18-31-30(35)28(20-25-12-8-6-9-13-25)32(21-26-14-10-7-11-15-26)29(34)22-33(38(4,36)37)27-17-16-23(2)19-24(27)3/h6-17,19,28H,5,18,20-22H2,1-4H3,(H,31,35).